The lowest BCUT2D eigenvalue weighted by molar-refractivity contribution is 0.103. The minimum atomic E-state index is -0.200. The third-order valence-corrected chi connectivity index (χ3v) is 3.35. The molecule has 0 unspecified atom stereocenters. The number of ketones is 1. The lowest BCUT2D eigenvalue weighted by Gasteiger charge is -2.03. The summed E-state index contributed by atoms with van der Waals surface area (Å²) in [6.07, 6.45) is 6.08. The Kier molecular flexibility index (Phi) is 3.75. The first kappa shape index (κ1) is 13.5. The van der Waals surface area contributed by atoms with Crippen LogP contribution in [0.4, 0.5) is 0 Å². The van der Waals surface area contributed by atoms with Crippen molar-refractivity contribution in [1.29, 1.82) is 0 Å². The van der Waals surface area contributed by atoms with Gasteiger partial charge in [0.25, 0.3) is 0 Å². The molecule has 0 saturated carbocycles. The highest BCUT2D eigenvalue weighted by molar-refractivity contribution is 6.31. The first-order valence-electron chi connectivity index (χ1n) is 6.30. The van der Waals surface area contributed by atoms with Gasteiger partial charge in [-0.05, 0) is 17.7 Å². The predicted octanol–water partition coefficient (Wildman–Crippen LogP) is 2.61. The van der Waals surface area contributed by atoms with Crippen LogP contribution in [0.25, 0.3) is 0 Å². The van der Waals surface area contributed by atoms with Gasteiger partial charge >= 0.3 is 0 Å². The van der Waals surface area contributed by atoms with Gasteiger partial charge < -0.3 is 0 Å². The number of carbonyl (C=O) groups excluding carboxylic acids is 1. The molecule has 3 aromatic rings. The fourth-order valence-corrected chi connectivity index (χ4v) is 2.13. The average molecular weight is 299 g/mol. The second-order valence-electron chi connectivity index (χ2n) is 4.45. The maximum Gasteiger partial charge on any atom is 0.216 e. The van der Waals surface area contributed by atoms with Crippen LogP contribution in [0, 0.1) is 0 Å². The molecule has 0 spiro atoms. The van der Waals surface area contributed by atoms with Crippen LogP contribution in [0.1, 0.15) is 21.6 Å². The maximum absolute atomic E-state index is 12.2. The zero-order valence-corrected chi connectivity index (χ0v) is 11.7. The lowest BCUT2D eigenvalue weighted by Crippen LogP contribution is -2.06. The van der Waals surface area contributed by atoms with Crippen molar-refractivity contribution >= 4 is 17.4 Å². The first-order chi connectivity index (χ1) is 10.2. The zero-order valence-electron chi connectivity index (χ0n) is 11.0. The van der Waals surface area contributed by atoms with E-state index < -0.39 is 0 Å². The van der Waals surface area contributed by atoms with E-state index in [1.165, 1.54) is 18.7 Å². The molecule has 3 rings (SSSR count). The Hall–Kier alpha value is -2.53. The largest absolute Gasteiger partial charge is 0.287 e. The van der Waals surface area contributed by atoms with E-state index in [1.807, 2.05) is 24.3 Å². The van der Waals surface area contributed by atoms with Gasteiger partial charge in [-0.3, -0.25) is 9.48 Å². The number of nitrogens with zero attached hydrogens (tertiary/aromatic N) is 4. The van der Waals surface area contributed by atoms with Crippen molar-refractivity contribution in [3.05, 3.63) is 77.1 Å². The SMILES string of the molecule is O=C(c1cncnc1)c1ccn(Cc2ccccc2Cl)n1. The normalized spacial score (nSPS) is 10.5. The summed E-state index contributed by atoms with van der Waals surface area (Å²) in [5.74, 6) is -0.200. The van der Waals surface area contributed by atoms with Crippen LogP contribution in [-0.4, -0.2) is 25.5 Å². The molecule has 5 nitrogen and oxygen atoms in total. The first-order valence-corrected chi connectivity index (χ1v) is 6.68. The van der Waals surface area contributed by atoms with Crippen LogP contribution in [0.15, 0.2) is 55.2 Å². The second-order valence-corrected chi connectivity index (χ2v) is 4.85. The van der Waals surface area contributed by atoms with Gasteiger partial charge in [0, 0.05) is 23.6 Å². The molecule has 0 aliphatic rings. The molecule has 2 aromatic heterocycles. The summed E-state index contributed by atoms with van der Waals surface area (Å²) in [5, 5.41) is 4.95. The molecule has 0 aliphatic heterocycles. The van der Waals surface area contributed by atoms with Crippen LogP contribution >= 0.6 is 11.6 Å². The van der Waals surface area contributed by atoms with Gasteiger partial charge in [0.05, 0.1) is 12.1 Å². The molecule has 6 heteroatoms. The van der Waals surface area contributed by atoms with Gasteiger partial charge in [-0.2, -0.15) is 5.10 Å². The number of hydrogen-bond donors (Lipinski definition) is 0. The summed E-state index contributed by atoms with van der Waals surface area (Å²) in [6, 6.07) is 9.22. The van der Waals surface area contributed by atoms with E-state index >= 15 is 0 Å². The smallest absolute Gasteiger partial charge is 0.216 e. The molecule has 1 aromatic carbocycles. The van der Waals surface area contributed by atoms with Crippen LogP contribution in [0.5, 0.6) is 0 Å². The Bertz CT molecular complexity index is 770. The van der Waals surface area contributed by atoms with Crippen molar-refractivity contribution in [2.45, 2.75) is 6.54 Å². The molecular formula is C15H11ClN4O. The predicted molar refractivity (Wildman–Crippen MR) is 78.2 cm³/mol. The van der Waals surface area contributed by atoms with E-state index in [-0.39, 0.29) is 5.78 Å². The van der Waals surface area contributed by atoms with Crippen LogP contribution in [-0.2, 0) is 6.54 Å². The molecule has 21 heavy (non-hydrogen) atoms. The van der Waals surface area contributed by atoms with Crippen molar-refractivity contribution in [3.63, 3.8) is 0 Å². The molecule has 0 N–H and O–H groups in total. The van der Waals surface area contributed by atoms with Gasteiger partial charge in [-0.25, -0.2) is 9.97 Å². The summed E-state index contributed by atoms with van der Waals surface area (Å²) in [7, 11) is 0. The van der Waals surface area contributed by atoms with Crippen molar-refractivity contribution in [1.82, 2.24) is 19.7 Å². The van der Waals surface area contributed by atoms with E-state index in [9.17, 15) is 4.79 Å². The van der Waals surface area contributed by atoms with E-state index in [2.05, 4.69) is 15.1 Å². The Morgan fingerprint density at radius 3 is 2.67 bits per heavy atom. The lowest BCUT2D eigenvalue weighted by atomic mass is 10.2. The molecule has 0 saturated heterocycles. The highest BCUT2D eigenvalue weighted by atomic mass is 35.5. The van der Waals surface area contributed by atoms with Crippen LogP contribution in [0.2, 0.25) is 5.02 Å². The standard InChI is InChI=1S/C15H11ClN4O/c16-13-4-2-1-3-11(13)9-20-6-5-14(19-20)15(21)12-7-17-10-18-8-12/h1-8,10H,9H2. The quantitative estimate of drug-likeness (QED) is 0.695. The average Bonchev–Trinajstić information content (AvgIpc) is 2.98. The van der Waals surface area contributed by atoms with E-state index in [1.54, 1.807) is 16.9 Å². The van der Waals surface area contributed by atoms with Crippen molar-refractivity contribution < 1.29 is 4.79 Å². The highest BCUT2D eigenvalue weighted by Gasteiger charge is 2.13. The molecule has 2 heterocycles. The van der Waals surface area contributed by atoms with Gasteiger partial charge in [-0.1, -0.05) is 29.8 Å². The fraction of sp³-hybridized carbons (Fsp3) is 0.0667. The second kappa shape index (κ2) is 5.85. The third kappa shape index (κ3) is 2.98. The summed E-state index contributed by atoms with van der Waals surface area (Å²) in [5.41, 5.74) is 1.72. The molecule has 0 radical (unpaired) electrons. The minimum absolute atomic E-state index is 0.200. The Morgan fingerprint density at radius 2 is 1.90 bits per heavy atom. The number of halogens is 1. The van der Waals surface area contributed by atoms with Crippen molar-refractivity contribution in [2.24, 2.45) is 0 Å². The summed E-state index contributed by atoms with van der Waals surface area (Å²) in [4.78, 5) is 19.9. The molecule has 0 fully saturated rings. The zero-order chi connectivity index (χ0) is 14.7. The summed E-state index contributed by atoms with van der Waals surface area (Å²) >= 11 is 6.11. The van der Waals surface area contributed by atoms with E-state index in [0.717, 1.165) is 5.56 Å². The van der Waals surface area contributed by atoms with Crippen molar-refractivity contribution in [3.8, 4) is 0 Å². The molecule has 0 amide bonds. The number of hydrogen-bond acceptors (Lipinski definition) is 4. The van der Waals surface area contributed by atoms with E-state index in [4.69, 9.17) is 11.6 Å². The fourth-order valence-electron chi connectivity index (χ4n) is 1.94. The van der Waals surface area contributed by atoms with Gasteiger partial charge in [0.1, 0.15) is 12.0 Å². The van der Waals surface area contributed by atoms with E-state index in [0.29, 0.717) is 22.8 Å². The molecule has 104 valence electrons. The topological polar surface area (TPSA) is 60.7 Å². The van der Waals surface area contributed by atoms with Gasteiger partial charge in [0.2, 0.25) is 5.78 Å². The van der Waals surface area contributed by atoms with Gasteiger partial charge in [-0.15, -0.1) is 0 Å². The molecular weight excluding hydrogens is 288 g/mol. The van der Waals surface area contributed by atoms with Crippen molar-refractivity contribution in [2.75, 3.05) is 0 Å². The Morgan fingerprint density at radius 1 is 1.14 bits per heavy atom. The Balaban J connectivity index is 1.81. The number of carbonyl (C=O) groups is 1. The van der Waals surface area contributed by atoms with Crippen LogP contribution in [0.3, 0.4) is 0 Å². The number of benzene rings is 1. The van der Waals surface area contributed by atoms with Gasteiger partial charge in [0.15, 0.2) is 0 Å². The molecule has 0 bridgehead atoms. The minimum Gasteiger partial charge on any atom is -0.287 e. The summed E-state index contributed by atoms with van der Waals surface area (Å²) < 4.78 is 1.68. The third-order valence-electron chi connectivity index (χ3n) is 2.99. The monoisotopic (exact) mass is 298 g/mol. The maximum atomic E-state index is 12.2. The number of rotatable bonds is 4. The van der Waals surface area contributed by atoms with Crippen LogP contribution < -0.4 is 0 Å². The Labute approximate surface area is 126 Å². The molecule has 0 aliphatic carbocycles. The highest BCUT2D eigenvalue weighted by Crippen LogP contribution is 2.16. The number of aromatic nitrogens is 4. The molecule has 0 atom stereocenters. The summed E-state index contributed by atoms with van der Waals surface area (Å²) in [6.45, 7) is 0.512.